The molecule has 0 bridgehead atoms. The number of hydrogen-bond donors (Lipinski definition) is 2. The zero-order valence-electron chi connectivity index (χ0n) is 9.97. The van der Waals surface area contributed by atoms with E-state index in [4.69, 9.17) is 5.11 Å². The van der Waals surface area contributed by atoms with E-state index in [9.17, 15) is 4.79 Å². The normalized spacial score (nSPS) is 19.6. The maximum atomic E-state index is 11.6. The smallest absolute Gasteiger partial charge is 0.248 e. The molecule has 3 rings (SSSR count). The molecule has 2 aromatic rings. The third-order valence-corrected chi connectivity index (χ3v) is 3.43. The Labute approximate surface area is 104 Å². The van der Waals surface area contributed by atoms with Crippen LogP contribution in [0.4, 0.5) is 0 Å². The van der Waals surface area contributed by atoms with Gasteiger partial charge in [-0.25, -0.2) is 4.98 Å². The predicted octanol–water partition coefficient (Wildman–Crippen LogP) is 1.22. The molecule has 0 saturated carbocycles. The first-order valence-electron chi connectivity index (χ1n) is 6.14. The molecule has 0 spiro atoms. The lowest BCUT2D eigenvalue weighted by molar-refractivity contribution is -0.135. The minimum Gasteiger partial charge on any atom is -0.387 e. The Morgan fingerprint density at radius 1 is 1.50 bits per heavy atom. The molecule has 0 aliphatic carbocycles. The second-order valence-electron chi connectivity index (χ2n) is 4.54. The summed E-state index contributed by atoms with van der Waals surface area (Å²) in [4.78, 5) is 21.1. The second-order valence-corrected chi connectivity index (χ2v) is 4.54. The monoisotopic (exact) mass is 245 g/mol. The summed E-state index contributed by atoms with van der Waals surface area (Å²) in [5, 5.41) is 8.98. The number of fused-ring (bicyclic) bond motifs is 1. The lowest BCUT2D eigenvalue weighted by atomic mass is 10.2. The van der Waals surface area contributed by atoms with Crippen molar-refractivity contribution in [3.63, 3.8) is 0 Å². The molecule has 1 unspecified atom stereocenters. The van der Waals surface area contributed by atoms with Gasteiger partial charge in [0.05, 0.1) is 17.1 Å². The van der Waals surface area contributed by atoms with Gasteiger partial charge in [-0.3, -0.25) is 4.79 Å². The lowest BCUT2D eigenvalue weighted by Crippen LogP contribution is -2.33. The van der Waals surface area contributed by atoms with E-state index in [1.54, 1.807) is 4.90 Å². The minimum atomic E-state index is -0.434. The van der Waals surface area contributed by atoms with Crippen molar-refractivity contribution in [1.29, 1.82) is 0 Å². The van der Waals surface area contributed by atoms with E-state index in [1.807, 2.05) is 24.3 Å². The van der Waals surface area contributed by atoms with Crippen LogP contribution >= 0.6 is 0 Å². The second kappa shape index (κ2) is 4.42. The van der Waals surface area contributed by atoms with Gasteiger partial charge in [0.25, 0.3) is 0 Å². The number of aliphatic hydroxyl groups is 1. The van der Waals surface area contributed by atoms with Crippen LogP contribution in [0.25, 0.3) is 11.0 Å². The number of imidazole rings is 1. The summed E-state index contributed by atoms with van der Waals surface area (Å²) in [6.07, 6.45) is 1.85. The topological polar surface area (TPSA) is 69.2 Å². The first kappa shape index (κ1) is 11.2. The Bertz CT molecular complexity index is 545. The largest absolute Gasteiger partial charge is 0.387 e. The van der Waals surface area contributed by atoms with Gasteiger partial charge in [0, 0.05) is 6.54 Å². The summed E-state index contributed by atoms with van der Waals surface area (Å²) in [5.41, 5.74) is 1.89. The molecule has 2 heterocycles. The van der Waals surface area contributed by atoms with E-state index < -0.39 is 6.61 Å². The first-order valence-corrected chi connectivity index (χ1v) is 6.14. The van der Waals surface area contributed by atoms with Crippen molar-refractivity contribution in [3.05, 3.63) is 30.1 Å². The van der Waals surface area contributed by atoms with E-state index >= 15 is 0 Å². The van der Waals surface area contributed by atoms with Gasteiger partial charge in [0.15, 0.2) is 0 Å². The average molecular weight is 245 g/mol. The third-order valence-electron chi connectivity index (χ3n) is 3.43. The predicted molar refractivity (Wildman–Crippen MR) is 66.9 cm³/mol. The van der Waals surface area contributed by atoms with Gasteiger partial charge < -0.3 is 15.0 Å². The van der Waals surface area contributed by atoms with Crippen LogP contribution in [-0.2, 0) is 4.79 Å². The van der Waals surface area contributed by atoms with Gasteiger partial charge in [-0.05, 0) is 25.0 Å². The van der Waals surface area contributed by atoms with Gasteiger partial charge in [-0.2, -0.15) is 0 Å². The van der Waals surface area contributed by atoms with Gasteiger partial charge in [-0.15, -0.1) is 0 Å². The van der Waals surface area contributed by atoms with E-state index in [-0.39, 0.29) is 11.9 Å². The maximum absolute atomic E-state index is 11.6. The van der Waals surface area contributed by atoms with Crippen molar-refractivity contribution < 1.29 is 9.90 Å². The van der Waals surface area contributed by atoms with Gasteiger partial charge in [0.1, 0.15) is 12.4 Å². The summed E-state index contributed by atoms with van der Waals surface area (Å²) in [6.45, 7) is 0.262. The third kappa shape index (κ3) is 1.76. The number of rotatable bonds is 2. The van der Waals surface area contributed by atoms with Crippen LogP contribution in [0.2, 0.25) is 0 Å². The van der Waals surface area contributed by atoms with Crippen LogP contribution in [0, 0.1) is 0 Å². The van der Waals surface area contributed by atoms with Crippen LogP contribution < -0.4 is 0 Å². The molecule has 1 amide bonds. The lowest BCUT2D eigenvalue weighted by Gasteiger charge is -2.22. The number of benzene rings is 1. The SMILES string of the molecule is O=C(CO)N1CCCC1c1nc2ccccc2[nH]1. The van der Waals surface area contributed by atoms with E-state index in [1.165, 1.54) is 0 Å². The molecule has 5 heteroatoms. The first-order chi connectivity index (χ1) is 8.79. The van der Waals surface area contributed by atoms with Gasteiger partial charge in [0.2, 0.25) is 5.91 Å². The molecule has 1 aromatic heterocycles. The Kier molecular flexibility index (Phi) is 2.76. The summed E-state index contributed by atoms with van der Waals surface area (Å²) in [7, 11) is 0. The molecular weight excluding hydrogens is 230 g/mol. The molecule has 94 valence electrons. The molecule has 1 aliphatic rings. The van der Waals surface area contributed by atoms with Crippen LogP contribution in [0.15, 0.2) is 24.3 Å². The highest BCUT2D eigenvalue weighted by molar-refractivity contribution is 5.78. The van der Waals surface area contributed by atoms with E-state index in [2.05, 4.69) is 9.97 Å². The Morgan fingerprint density at radius 3 is 3.11 bits per heavy atom. The number of nitrogens with zero attached hydrogens (tertiary/aromatic N) is 2. The number of carbonyl (C=O) groups is 1. The number of likely N-dealkylation sites (tertiary alicyclic amines) is 1. The standard InChI is InChI=1S/C13H15N3O2/c17-8-12(18)16-7-3-6-11(16)13-14-9-4-1-2-5-10(9)15-13/h1-2,4-5,11,17H,3,6-8H2,(H,14,15). The minimum absolute atomic E-state index is 0.0305. The summed E-state index contributed by atoms with van der Waals surface area (Å²) in [6, 6.07) is 7.78. The average Bonchev–Trinajstić information content (AvgIpc) is 3.03. The number of amides is 1. The summed E-state index contributed by atoms with van der Waals surface area (Å²) < 4.78 is 0. The van der Waals surface area contributed by atoms with Crippen molar-refractivity contribution in [2.75, 3.05) is 13.2 Å². The highest BCUT2D eigenvalue weighted by Gasteiger charge is 2.31. The molecule has 1 aromatic carbocycles. The molecule has 1 aliphatic heterocycles. The number of H-pyrrole nitrogens is 1. The van der Waals surface area contributed by atoms with Crippen molar-refractivity contribution >= 4 is 16.9 Å². The highest BCUT2D eigenvalue weighted by Crippen LogP contribution is 2.31. The fourth-order valence-corrected chi connectivity index (χ4v) is 2.57. The molecule has 2 N–H and O–H groups in total. The molecule has 5 nitrogen and oxygen atoms in total. The van der Waals surface area contributed by atoms with Crippen LogP contribution in [0.1, 0.15) is 24.7 Å². The number of aromatic amines is 1. The van der Waals surface area contributed by atoms with Crippen LogP contribution in [0.5, 0.6) is 0 Å². The van der Waals surface area contributed by atoms with Crippen molar-refractivity contribution in [1.82, 2.24) is 14.9 Å². The molecule has 1 atom stereocenters. The highest BCUT2D eigenvalue weighted by atomic mass is 16.3. The summed E-state index contributed by atoms with van der Waals surface area (Å²) in [5.74, 6) is 0.591. The maximum Gasteiger partial charge on any atom is 0.248 e. The van der Waals surface area contributed by atoms with Gasteiger partial charge >= 0.3 is 0 Å². The number of hydrogen-bond acceptors (Lipinski definition) is 3. The molecule has 18 heavy (non-hydrogen) atoms. The number of para-hydroxylation sites is 2. The molecule has 0 radical (unpaired) electrons. The fourth-order valence-electron chi connectivity index (χ4n) is 2.57. The molecule has 1 fully saturated rings. The number of aromatic nitrogens is 2. The number of nitrogens with one attached hydrogen (secondary N) is 1. The fraction of sp³-hybridized carbons (Fsp3) is 0.385. The van der Waals surface area contributed by atoms with Crippen LogP contribution in [-0.4, -0.2) is 39.0 Å². The number of aliphatic hydroxyl groups excluding tert-OH is 1. The van der Waals surface area contributed by atoms with Crippen molar-refractivity contribution in [2.24, 2.45) is 0 Å². The Morgan fingerprint density at radius 2 is 2.33 bits per heavy atom. The van der Waals surface area contributed by atoms with Crippen LogP contribution in [0.3, 0.4) is 0 Å². The van der Waals surface area contributed by atoms with E-state index in [0.29, 0.717) is 6.54 Å². The van der Waals surface area contributed by atoms with Crippen molar-refractivity contribution in [2.45, 2.75) is 18.9 Å². The zero-order chi connectivity index (χ0) is 12.5. The van der Waals surface area contributed by atoms with E-state index in [0.717, 1.165) is 29.7 Å². The van der Waals surface area contributed by atoms with Crippen molar-refractivity contribution in [3.8, 4) is 0 Å². The van der Waals surface area contributed by atoms with Gasteiger partial charge in [-0.1, -0.05) is 12.1 Å². The Hall–Kier alpha value is -1.88. The Balaban J connectivity index is 1.95. The zero-order valence-corrected chi connectivity index (χ0v) is 9.97. The quantitative estimate of drug-likeness (QED) is 0.835. The summed E-state index contributed by atoms with van der Waals surface area (Å²) >= 11 is 0. The molecular formula is C13H15N3O2. The molecule has 1 saturated heterocycles. The number of carbonyl (C=O) groups excluding carboxylic acids is 1.